The summed E-state index contributed by atoms with van der Waals surface area (Å²) >= 11 is 2.60. The number of nitrogens with zero attached hydrogens (tertiary/aromatic N) is 4. The van der Waals surface area contributed by atoms with Gasteiger partial charge in [-0.25, -0.2) is 9.59 Å². The Hall–Kier alpha value is -1.61. The highest BCUT2D eigenvalue weighted by Crippen LogP contribution is 2.19. The summed E-state index contributed by atoms with van der Waals surface area (Å²) in [5.74, 6) is 0.679. The van der Waals surface area contributed by atoms with Crippen LogP contribution in [0.15, 0.2) is 21.5 Å². The fourth-order valence-corrected chi connectivity index (χ4v) is 2.88. The van der Waals surface area contributed by atoms with Crippen molar-refractivity contribution in [2.45, 2.75) is 24.6 Å². The van der Waals surface area contributed by atoms with Crippen molar-refractivity contribution in [2.24, 2.45) is 4.99 Å². The van der Waals surface area contributed by atoms with E-state index in [0.717, 1.165) is 10.3 Å². The normalized spacial score (nSPS) is 11.4. The molecule has 0 radical (unpaired) electrons. The zero-order valence-corrected chi connectivity index (χ0v) is 14.8. The van der Waals surface area contributed by atoms with E-state index in [9.17, 15) is 9.59 Å². The van der Waals surface area contributed by atoms with E-state index < -0.39 is 12.1 Å². The van der Waals surface area contributed by atoms with Crippen LogP contribution in [0.1, 0.15) is 20.3 Å². The number of ether oxygens (including phenoxy) is 1. The first kappa shape index (κ1) is 18.4. The molecule has 2 amide bonds. The average Bonchev–Trinajstić information content (AvgIpc) is 2.85. The lowest BCUT2D eigenvalue weighted by Crippen LogP contribution is -2.29. The molecular formula is C13H20N4O3S2. The molecule has 0 spiro atoms. The van der Waals surface area contributed by atoms with E-state index in [1.807, 2.05) is 13.8 Å². The monoisotopic (exact) mass is 344 g/mol. The van der Waals surface area contributed by atoms with Gasteiger partial charge in [-0.05, 0) is 13.3 Å². The molecule has 7 nitrogen and oxygen atoms in total. The van der Waals surface area contributed by atoms with Gasteiger partial charge in [0, 0.05) is 19.8 Å². The topological polar surface area (TPSA) is 76.8 Å². The Balaban J connectivity index is 3.12. The Morgan fingerprint density at radius 3 is 2.73 bits per heavy atom. The van der Waals surface area contributed by atoms with Crippen LogP contribution in [0.4, 0.5) is 9.59 Å². The lowest BCUT2D eigenvalue weighted by Gasteiger charge is -2.04. The average molecular weight is 344 g/mol. The van der Waals surface area contributed by atoms with Crippen LogP contribution in [-0.4, -0.2) is 53.3 Å². The van der Waals surface area contributed by atoms with Gasteiger partial charge in [0.05, 0.1) is 6.61 Å². The first-order valence-electron chi connectivity index (χ1n) is 6.65. The zero-order chi connectivity index (χ0) is 16.7. The number of amides is 2. The quantitative estimate of drug-likeness (QED) is 0.606. The molecule has 0 fully saturated rings. The number of thioether (sulfide) groups is 1. The molecule has 0 aliphatic heterocycles. The number of hydrogen-bond donors (Lipinski definition) is 0. The molecule has 0 saturated carbocycles. The third kappa shape index (κ3) is 5.64. The first-order chi connectivity index (χ1) is 10.3. The summed E-state index contributed by atoms with van der Waals surface area (Å²) in [6, 6.07) is -0.461. The third-order valence-electron chi connectivity index (χ3n) is 2.16. The van der Waals surface area contributed by atoms with Crippen LogP contribution in [-0.2, 0) is 4.74 Å². The third-order valence-corrected chi connectivity index (χ3v) is 4.43. The van der Waals surface area contributed by atoms with Gasteiger partial charge in [0.15, 0.2) is 4.34 Å². The van der Waals surface area contributed by atoms with Gasteiger partial charge in [0.2, 0.25) is 4.80 Å². The van der Waals surface area contributed by atoms with E-state index >= 15 is 0 Å². The molecule has 9 heteroatoms. The number of carbonyl (C=O) groups excluding carboxylic acids is 2. The predicted octanol–water partition coefficient (Wildman–Crippen LogP) is 2.59. The van der Waals surface area contributed by atoms with E-state index in [2.05, 4.69) is 16.7 Å². The zero-order valence-electron chi connectivity index (χ0n) is 13.2. The van der Waals surface area contributed by atoms with E-state index in [1.165, 1.54) is 28.0 Å². The van der Waals surface area contributed by atoms with E-state index in [4.69, 9.17) is 4.74 Å². The Labute approximate surface area is 137 Å². The molecule has 0 N–H and O–H groups in total. The minimum atomic E-state index is -0.634. The molecule has 0 unspecified atom stereocenters. The fourth-order valence-electron chi connectivity index (χ4n) is 1.13. The van der Waals surface area contributed by atoms with Crippen LogP contribution in [0.5, 0.6) is 0 Å². The number of rotatable bonds is 5. The highest BCUT2D eigenvalue weighted by Gasteiger charge is 2.15. The van der Waals surface area contributed by atoms with E-state index in [-0.39, 0.29) is 4.80 Å². The van der Waals surface area contributed by atoms with Gasteiger partial charge in [0.1, 0.15) is 0 Å². The number of urea groups is 1. The smallest absolute Gasteiger partial charge is 0.437 e. The van der Waals surface area contributed by atoms with Gasteiger partial charge in [-0.1, -0.05) is 42.2 Å². The summed E-state index contributed by atoms with van der Waals surface area (Å²) in [7, 11) is 3.17. The molecule has 0 bridgehead atoms. The second kappa shape index (κ2) is 8.74. The fraction of sp³-hybridized carbons (Fsp3) is 0.538. The van der Waals surface area contributed by atoms with Gasteiger partial charge >= 0.3 is 12.1 Å². The molecule has 1 rings (SSSR count). The van der Waals surface area contributed by atoms with Gasteiger partial charge in [-0.15, -0.1) is 9.78 Å². The van der Waals surface area contributed by atoms with Crippen molar-refractivity contribution in [2.75, 3.05) is 26.5 Å². The summed E-state index contributed by atoms with van der Waals surface area (Å²) in [5, 5.41) is 4.17. The lowest BCUT2D eigenvalue weighted by molar-refractivity contribution is 0.143. The molecule has 0 aliphatic rings. The Morgan fingerprint density at radius 2 is 2.18 bits per heavy atom. The standard InChI is InChI=1S/C13H20N4O3S2/c1-6-7-20-13(19)17-11(14-10(18)16(4)5)22-12(15-17)21-8-9(2)3/h2,6-8H2,1,3-5H3. The van der Waals surface area contributed by atoms with Crippen LogP contribution in [0.2, 0.25) is 0 Å². The van der Waals surface area contributed by atoms with Crippen molar-refractivity contribution in [1.29, 1.82) is 0 Å². The van der Waals surface area contributed by atoms with Gasteiger partial charge in [-0.3, -0.25) is 0 Å². The summed E-state index contributed by atoms with van der Waals surface area (Å²) < 4.78 is 6.71. The molecular weight excluding hydrogens is 324 g/mol. The molecule has 0 aliphatic carbocycles. The van der Waals surface area contributed by atoms with Gasteiger partial charge < -0.3 is 9.64 Å². The van der Waals surface area contributed by atoms with Crippen molar-refractivity contribution in [3.63, 3.8) is 0 Å². The number of carbonyl (C=O) groups is 2. The predicted molar refractivity (Wildman–Crippen MR) is 87.3 cm³/mol. The molecule has 122 valence electrons. The Kier molecular flexibility index (Phi) is 7.33. The van der Waals surface area contributed by atoms with Crippen LogP contribution < -0.4 is 4.80 Å². The first-order valence-corrected chi connectivity index (χ1v) is 8.45. The van der Waals surface area contributed by atoms with E-state index in [1.54, 1.807) is 14.1 Å². The van der Waals surface area contributed by atoms with Crippen molar-refractivity contribution < 1.29 is 14.3 Å². The maximum absolute atomic E-state index is 12.0. The minimum Gasteiger partial charge on any atom is -0.448 e. The number of hydrogen-bond acceptors (Lipinski definition) is 6. The Morgan fingerprint density at radius 1 is 1.50 bits per heavy atom. The maximum atomic E-state index is 12.0. The largest absolute Gasteiger partial charge is 0.448 e. The summed E-state index contributed by atoms with van der Waals surface area (Å²) in [4.78, 5) is 29.2. The molecule has 0 saturated heterocycles. The SMILES string of the molecule is C=C(C)CSc1nn(C(=O)OCCC)c(=NC(=O)N(C)C)s1. The lowest BCUT2D eigenvalue weighted by atomic mass is 10.4. The van der Waals surface area contributed by atoms with Crippen molar-refractivity contribution in [3.05, 3.63) is 17.0 Å². The van der Waals surface area contributed by atoms with Crippen molar-refractivity contribution in [3.8, 4) is 0 Å². The summed E-state index contributed by atoms with van der Waals surface area (Å²) in [6.07, 6.45) is 0.0714. The van der Waals surface area contributed by atoms with E-state index in [0.29, 0.717) is 23.1 Å². The molecule has 1 aromatic rings. The highest BCUT2D eigenvalue weighted by atomic mass is 32.2. The molecule has 1 heterocycles. The molecule has 0 aromatic carbocycles. The second-order valence-electron chi connectivity index (χ2n) is 4.71. The van der Waals surface area contributed by atoms with Gasteiger partial charge in [0.25, 0.3) is 0 Å². The molecule has 1 aromatic heterocycles. The minimum absolute atomic E-state index is 0.198. The van der Waals surface area contributed by atoms with Crippen molar-refractivity contribution in [1.82, 2.24) is 14.7 Å². The molecule has 22 heavy (non-hydrogen) atoms. The van der Waals surface area contributed by atoms with Crippen LogP contribution in [0, 0.1) is 0 Å². The van der Waals surface area contributed by atoms with Crippen LogP contribution in [0.25, 0.3) is 0 Å². The van der Waals surface area contributed by atoms with Crippen LogP contribution in [0.3, 0.4) is 0 Å². The van der Waals surface area contributed by atoms with Crippen molar-refractivity contribution >= 4 is 35.2 Å². The highest BCUT2D eigenvalue weighted by molar-refractivity contribution is 8.01. The maximum Gasteiger partial charge on any atom is 0.437 e. The second-order valence-corrected chi connectivity index (χ2v) is 6.89. The summed E-state index contributed by atoms with van der Waals surface area (Å²) in [5.41, 5.74) is 0.989. The molecule has 0 atom stereocenters. The summed E-state index contributed by atoms with van der Waals surface area (Å²) in [6.45, 7) is 7.91. The van der Waals surface area contributed by atoms with Crippen LogP contribution >= 0.6 is 23.1 Å². The van der Waals surface area contributed by atoms with Gasteiger partial charge in [-0.2, -0.15) is 4.99 Å². The Bertz CT molecular complexity index is 619. The number of aromatic nitrogens is 2.